The Kier molecular flexibility index (Phi) is 6.38. The number of carbonyl (C=O) groups excluding carboxylic acids is 1. The number of halogens is 1. The van der Waals surface area contributed by atoms with Gasteiger partial charge in [-0.2, -0.15) is 0 Å². The second-order valence-electron chi connectivity index (χ2n) is 7.22. The highest BCUT2D eigenvalue weighted by Gasteiger charge is 2.25. The highest BCUT2D eigenvalue weighted by atomic mass is 35.5. The summed E-state index contributed by atoms with van der Waals surface area (Å²) in [4.78, 5) is 32.6. The molecule has 0 bridgehead atoms. The molecule has 152 valence electrons. The molecule has 0 N–H and O–H groups in total. The van der Waals surface area contributed by atoms with E-state index < -0.39 is 0 Å². The van der Waals surface area contributed by atoms with Crippen LogP contribution in [0.15, 0.2) is 47.3 Å². The molecular weight excluding hydrogens is 386 g/mol. The molecule has 5 nitrogen and oxygen atoms in total. The van der Waals surface area contributed by atoms with E-state index in [0.29, 0.717) is 34.7 Å². The Morgan fingerprint density at radius 3 is 2.48 bits per heavy atom. The second-order valence-corrected chi connectivity index (χ2v) is 7.66. The Balaban J connectivity index is 2.30. The summed E-state index contributed by atoms with van der Waals surface area (Å²) in [5, 5.41) is 1.01. The van der Waals surface area contributed by atoms with Crippen LogP contribution in [0.3, 0.4) is 0 Å². The lowest BCUT2D eigenvalue weighted by molar-refractivity contribution is -0.133. The zero-order valence-corrected chi connectivity index (χ0v) is 18.0. The van der Waals surface area contributed by atoms with Crippen LogP contribution in [0.2, 0.25) is 5.02 Å². The Labute approximate surface area is 175 Å². The van der Waals surface area contributed by atoms with Crippen molar-refractivity contribution in [3.63, 3.8) is 0 Å². The first-order valence-corrected chi connectivity index (χ1v) is 10.3. The van der Waals surface area contributed by atoms with Crippen molar-refractivity contribution >= 4 is 28.4 Å². The lowest BCUT2D eigenvalue weighted by Gasteiger charge is -2.30. The molecule has 0 aliphatic heterocycles. The number of nitrogens with zero attached hydrogens (tertiary/aromatic N) is 3. The smallest absolute Gasteiger partial charge is 0.266 e. The first kappa shape index (κ1) is 21.1. The molecule has 0 aliphatic rings. The van der Waals surface area contributed by atoms with Crippen LogP contribution in [0, 0.1) is 6.92 Å². The van der Waals surface area contributed by atoms with E-state index in [9.17, 15) is 9.59 Å². The maximum Gasteiger partial charge on any atom is 0.266 e. The van der Waals surface area contributed by atoms with Gasteiger partial charge in [0.25, 0.3) is 5.56 Å². The molecule has 1 aromatic heterocycles. The molecule has 1 unspecified atom stereocenters. The summed E-state index contributed by atoms with van der Waals surface area (Å²) >= 11 is 6.15. The van der Waals surface area contributed by atoms with E-state index in [4.69, 9.17) is 16.6 Å². The number of rotatable bonds is 6. The van der Waals surface area contributed by atoms with Crippen LogP contribution in [-0.2, 0) is 4.79 Å². The second kappa shape index (κ2) is 8.78. The maximum absolute atomic E-state index is 13.4. The van der Waals surface area contributed by atoms with Crippen LogP contribution in [-0.4, -0.2) is 26.9 Å². The highest BCUT2D eigenvalue weighted by Crippen LogP contribution is 2.25. The first-order chi connectivity index (χ1) is 13.9. The SMILES string of the molecule is CCCN(C(=O)CC)C(C)c1nc2cc(Cl)ccc2c(=O)n1-c1ccc(C)cc1. The quantitative estimate of drug-likeness (QED) is 0.569. The molecule has 0 aliphatic carbocycles. The minimum absolute atomic E-state index is 0.0373. The van der Waals surface area contributed by atoms with Crippen molar-refractivity contribution in [1.82, 2.24) is 14.5 Å². The summed E-state index contributed by atoms with van der Waals surface area (Å²) in [5.41, 5.74) is 2.20. The third-order valence-electron chi connectivity index (χ3n) is 5.08. The summed E-state index contributed by atoms with van der Waals surface area (Å²) in [7, 11) is 0. The summed E-state index contributed by atoms with van der Waals surface area (Å²) in [6, 6.07) is 12.5. The predicted octanol–water partition coefficient (Wildman–Crippen LogP) is 5.06. The van der Waals surface area contributed by atoms with Crippen LogP contribution >= 0.6 is 11.6 Å². The van der Waals surface area contributed by atoms with Crippen molar-refractivity contribution in [1.29, 1.82) is 0 Å². The monoisotopic (exact) mass is 411 g/mol. The fourth-order valence-corrected chi connectivity index (χ4v) is 3.68. The fourth-order valence-electron chi connectivity index (χ4n) is 3.52. The van der Waals surface area contributed by atoms with E-state index >= 15 is 0 Å². The van der Waals surface area contributed by atoms with Crippen molar-refractivity contribution in [2.75, 3.05) is 6.54 Å². The van der Waals surface area contributed by atoms with Gasteiger partial charge in [-0.15, -0.1) is 0 Å². The van der Waals surface area contributed by atoms with E-state index in [1.807, 2.05) is 52.0 Å². The van der Waals surface area contributed by atoms with Gasteiger partial charge in [-0.1, -0.05) is 43.1 Å². The predicted molar refractivity (Wildman–Crippen MR) is 118 cm³/mol. The first-order valence-electron chi connectivity index (χ1n) is 9.96. The van der Waals surface area contributed by atoms with Gasteiger partial charge in [-0.05, 0) is 50.6 Å². The lowest BCUT2D eigenvalue weighted by atomic mass is 10.1. The number of carbonyl (C=O) groups is 1. The molecule has 1 heterocycles. The fraction of sp³-hybridized carbons (Fsp3) is 0.348. The summed E-state index contributed by atoms with van der Waals surface area (Å²) < 4.78 is 1.62. The summed E-state index contributed by atoms with van der Waals surface area (Å²) in [6.07, 6.45) is 1.22. The number of aromatic nitrogens is 2. The van der Waals surface area contributed by atoms with Crippen LogP contribution in [0.4, 0.5) is 0 Å². The van der Waals surface area contributed by atoms with Gasteiger partial charge in [0.15, 0.2) is 0 Å². The molecule has 0 fully saturated rings. The Morgan fingerprint density at radius 1 is 1.17 bits per heavy atom. The van der Waals surface area contributed by atoms with Gasteiger partial charge < -0.3 is 4.90 Å². The zero-order valence-electron chi connectivity index (χ0n) is 17.3. The molecule has 6 heteroatoms. The van der Waals surface area contributed by atoms with E-state index in [1.165, 1.54) is 0 Å². The van der Waals surface area contributed by atoms with Gasteiger partial charge in [0.2, 0.25) is 5.91 Å². The van der Waals surface area contributed by atoms with E-state index in [-0.39, 0.29) is 17.5 Å². The molecule has 1 atom stereocenters. The van der Waals surface area contributed by atoms with Gasteiger partial charge in [0.05, 0.1) is 22.6 Å². The molecular formula is C23H26ClN3O2. The molecule has 0 spiro atoms. The van der Waals surface area contributed by atoms with E-state index in [1.54, 1.807) is 27.7 Å². The maximum atomic E-state index is 13.4. The van der Waals surface area contributed by atoms with Crippen molar-refractivity contribution in [2.24, 2.45) is 0 Å². The number of hydrogen-bond acceptors (Lipinski definition) is 3. The number of fused-ring (bicyclic) bond motifs is 1. The van der Waals surface area contributed by atoms with Crippen molar-refractivity contribution in [3.8, 4) is 5.69 Å². The van der Waals surface area contributed by atoms with Crippen LogP contribution in [0.1, 0.15) is 51.0 Å². The van der Waals surface area contributed by atoms with Gasteiger partial charge >= 0.3 is 0 Å². The molecule has 0 saturated carbocycles. The Bertz CT molecular complexity index is 1090. The summed E-state index contributed by atoms with van der Waals surface area (Å²) in [6.45, 7) is 8.40. The third kappa shape index (κ3) is 4.20. The van der Waals surface area contributed by atoms with E-state index in [2.05, 4.69) is 0 Å². The minimum Gasteiger partial charge on any atom is -0.333 e. The topological polar surface area (TPSA) is 55.2 Å². The largest absolute Gasteiger partial charge is 0.333 e. The average molecular weight is 412 g/mol. The lowest BCUT2D eigenvalue weighted by Crippen LogP contribution is -2.37. The van der Waals surface area contributed by atoms with Crippen molar-refractivity contribution < 1.29 is 4.79 Å². The van der Waals surface area contributed by atoms with Crippen LogP contribution in [0.5, 0.6) is 0 Å². The van der Waals surface area contributed by atoms with Crippen molar-refractivity contribution in [3.05, 3.63) is 69.2 Å². The van der Waals surface area contributed by atoms with Gasteiger partial charge in [0, 0.05) is 18.0 Å². The van der Waals surface area contributed by atoms with Crippen molar-refractivity contribution in [2.45, 2.75) is 46.6 Å². The molecule has 2 aromatic carbocycles. The Morgan fingerprint density at radius 2 is 1.86 bits per heavy atom. The van der Waals surface area contributed by atoms with Gasteiger partial charge in [-0.3, -0.25) is 14.2 Å². The summed E-state index contributed by atoms with van der Waals surface area (Å²) in [5.74, 6) is 0.569. The Hall–Kier alpha value is -2.66. The zero-order chi connectivity index (χ0) is 21.1. The van der Waals surface area contributed by atoms with E-state index in [0.717, 1.165) is 17.7 Å². The molecule has 3 aromatic rings. The number of benzene rings is 2. The third-order valence-corrected chi connectivity index (χ3v) is 5.31. The van der Waals surface area contributed by atoms with Gasteiger partial charge in [-0.25, -0.2) is 4.98 Å². The van der Waals surface area contributed by atoms with Gasteiger partial charge in [0.1, 0.15) is 5.82 Å². The number of hydrogen-bond donors (Lipinski definition) is 0. The molecule has 3 rings (SSSR count). The number of aryl methyl sites for hydroxylation is 1. The normalized spacial score (nSPS) is 12.2. The average Bonchev–Trinajstić information content (AvgIpc) is 2.71. The molecule has 1 amide bonds. The number of amides is 1. The molecule has 29 heavy (non-hydrogen) atoms. The highest BCUT2D eigenvalue weighted by molar-refractivity contribution is 6.31. The molecule has 0 radical (unpaired) electrons. The minimum atomic E-state index is -0.361. The molecule has 0 saturated heterocycles. The standard InChI is InChI=1S/C23H26ClN3O2/c1-5-13-26(21(28)6-2)16(4)22-25-20-14-17(24)9-12-19(20)23(29)27(22)18-10-7-15(3)8-11-18/h7-12,14,16H,5-6,13H2,1-4H3. The van der Waals surface area contributed by atoms with Crippen LogP contribution < -0.4 is 5.56 Å². The van der Waals surface area contributed by atoms with Crippen LogP contribution in [0.25, 0.3) is 16.6 Å².